The Morgan fingerprint density at radius 1 is 0.308 bits per heavy atom. The molecule has 0 N–H and O–H groups in total. The van der Waals surface area contributed by atoms with Crippen LogP contribution in [0.1, 0.15) is 25.0 Å². The number of benzene rings is 10. The fraction of sp³-hybridized carbons (Fsp3) is 0.0476. The normalized spacial score (nSPS) is 12.6. The minimum atomic E-state index is -0.0299. The van der Waals surface area contributed by atoms with Gasteiger partial charge in [-0.25, -0.2) is 0 Å². The molecule has 0 spiro atoms. The van der Waals surface area contributed by atoms with Crippen LogP contribution in [0, 0.1) is 0 Å². The predicted molar refractivity (Wildman–Crippen MR) is 275 cm³/mol. The second-order valence-electron chi connectivity index (χ2n) is 17.8. The van der Waals surface area contributed by atoms with Gasteiger partial charge in [-0.2, -0.15) is 0 Å². The van der Waals surface area contributed by atoms with Gasteiger partial charge < -0.3 is 9.47 Å². The van der Waals surface area contributed by atoms with Crippen LogP contribution in [-0.2, 0) is 5.41 Å². The number of para-hydroxylation sites is 1. The molecule has 1 aliphatic rings. The van der Waals surface area contributed by atoms with E-state index in [9.17, 15) is 0 Å². The first kappa shape index (κ1) is 38.5. The first-order valence-corrected chi connectivity index (χ1v) is 22.6. The van der Waals surface area contributed by atoms with E-state index in [1.165, 1.54) is 88.6 Å². The summed E-state index contributed by atoms with van der Waals surface area (Å²) < 4.78 is 2.41. The van der Waals surface area contributed by atoms with Gasteiger partial charge in [0.2, 0.25) is 0 Å². The maximum Gasteiger partial charge on any atom is 0.0541 e. The van der Waals surface area contributed by atoms with Gasteiger partial charge in [0, 0.05) is 38.9 Å². The molecule has 1 aliphatic carbocycles. The van der Waals surface area contributed by atoms with Crippen molar-refractivity contribution in [2.45, 2.75) is 19.3 Å². The average Bonchev–Trinajstić information content (AvgIpc) is 3.82. The highest BCUT2D eigenvalue weighted by atomic mass is 15.1. The van der Waals surface area contributed by atoms with Crippen molar-refractivity contribution in [1.82, 2.24) is 4.57 Å². The molecule has 2 heteroatoms. The summed E-state index contributed by atoms with van der Waals surface area (Å²) in [7, 11) is 0. The maximum absolute atomic E-state index is 2.41. The van der Waals surface area contributed by atoms with Gasteiger partial charge in [0.25, 0.3) is 0 Å². The number of rotatable bonds is 8. The quantitative estimate of drug-likeness (QED) is 0.148. The molecule has 0 atom stereocenters. The van der Waals surface area contributed by atoms with Crippen LogP contribution in [0.25, 0.3) is 83.1 Å². The lowest BCUT2D eigenvalue weighted by Crippen LogP contribution is -2.14. The molecule has 0 amide bonds. The standard InChI is InChI=1S/C63H46N2/c1-63(2)59-19-11-9-17-55(59)56-39-29-50(42-60(56)63)48-27-37-54(38-28-48)65-61-20-12-10-18-57(61)58-41-49(30-40-62(58)65)47-25-35-53(36-26-47)64(51-31-21-45(22-32-51)43-13-5-3-6-14-43)52-33-23-46(24-34-52)44-15-7-4-8-16-44/h3-42H,1-2H3. The molecular weight excluding hydrogens is 785 g/mol. The van der Waals surface area contributed by atoms with Gasteiger partial charge in [0.1, 0.15) is 0 Å². The zero-order valence-electron chi connectivity index (χ0n) is 36.5. The Balaban J connectivity index is 0.872. The highest BCUT2D eigenvalue weighted by Gasteiger charge is 2.35. The lowest BCUT2D eigenvalue weighted by Gasteiger charge is -2.26. The van der Waals surface area contributed by atoms with E-state index in [4.69, 9.17) is 0 Å². The smallest absolute Gasteiger partial charge is 0.0541 e. The molecule has 1 heterocycles. The fourth-order valence-corrected chi connectivity index (χ4v) is 10.2. The molecule has 10 aromatic carbocycles. The first-order valence-electron chi connectivity index (χ1n) is 22.6. The fourth-order valence-electron chi connectivity index (χ4n) is 10.2. The minimum absolute atomic E-state index is 0.0299. The van der Waals surface area contributed by atoms with Gasteiger partial charge in [-0.05, 0) is 140 Å². The number of aromatic nitrogens is 1. The van der Waals surface area contributed by atoms with Crippen LogP contribution in [0.15, 0.2) is 243 Å². The Bertz CT molecular complexity index is 3420. The molecule has 12 rings (SSSR count). The van der Waals surface area contributed by atoms with Gasteiger partial charge in [-0.1, -0.05) is 184 Å². The third-order valence-corrected chi connectivity index (χ3v) is 13.6. The number of hydrogen-bond donors (Lipinski definition) is 0. The molecule has 0 aliphatic heterocycles. The Morgan fingerprint density at radius 2 is 0.723 bits per heavy atom. The molecule has 0 saturated carbocycles. The highest BCUT2D eigenvalue weighted by Crippen LogP contribution is 2.49. The second-order valence-corrected chi connectivity index (χ2v) is 17.8. The van der Waals surface area contributed by atoms with Gasteiger partial charge in [-0.15, -0.1) is 0 Å². The molecule has 65 heavy (non-hydrogen) atoms. The number of nitrogens with zero attached hydrogens (tertiary/aromatic N) is 2. The third kappa shape index (κ3) is 6.65. The van der Waals surface area contributed by atoms with Crippen molar-refractivity contribution < 1.29 is 0 Å². The summed E-state index contributed by atoms with van der Waals surface area (Å²) in [6.45, 7) is 4.70. The molecule has 0 bridgehead atoms. The summed E-state index contributed by atoms with van der Waals surface area (Å²) in [6.07, 6.45) is 0. The lowest BCUT2D eigenvalue weighted by molar-refractivity contribution is 0.660. The Labute approximate surface area is 381 Å². The van der Waals surface area contributed by atoms with Gasteiger partial charge >= 0.3 is 0 Å². The molecule has 0 unspecified atom stereocenters. The van der Waals surface area contributed by atoms with Crippen molar-refractivity contribution in [3.05, 3.63) is 254 Å². The summed E-state index contributed by atoms with van der Waals surface area (Å²) in [6, 6.07) is 88.6. The zero-order valence-corrected chi connectivity index (χ0v) is 36.5. The number of hydrogen-bond acceptors (Lipinski definition) is 1. The Kier molecular flexibility index (Phi) is 9.21. The van der Waals surface area contributed by atoms with E-state index in [0.29, 0.717) is 0 Å². The molecule has 11 aromatic rings. The van der Waals surface area contributed by atoms with Crippen LogP contribution in [0.2, 0.25) is 0 Å². The number of fused-ring (bicyclic) bond motifs is 6. The molecule has 2 nitrogen and oxygen atoms in total. The predicted octanol–water partition coefficient (Wildman–Crippen LogP) is 17.2. The second kappa shape index (κ2) is 15.6. The van der Waals surface area contributed by atoms with E-state index in [2.05, 4.69) is 266 Å². The minimum Gasteiger partial charge on any atom is -0.311 e. The highest BCUT2D eigenvalue weighted by molar-refractivity contribution is 6.10. The van der Waals surface area contributed by atoms with E-state index >= 15 is 0 Å². The number of anilines is 3. The van der Waals surface area contributed by atoms with Crippen molar-refractivity contribution in [3.63, 3.8) is 0 Å². The first-order chi connectivity index (χ1) is 32.0. The van der Waals surface area contributed by atoms with Crippen LogP contribution < -0.4 is 4.90 Å². The van der Waals surface area contributed by atoms with Crippen molar-refractivity contribution in [2.24, 2.45) is 0 Å². The largest absolute Gasteiger partial charge is 0.311 e. The summed E-state index contributed by atoms with van der Waals surface area (Å²) in [5.74, 6) is 0. The summed E-state index contributed by atoms with van der Waals surface area (Å²) >= 11 is 0. The molecule has 0 fully saturated rings. The van der Waals surface area contributed by atoms with Gasteiger partial charge in [0.05, 0.1) is 11.0 Å². The van der Waals surface area contributed by atoms with E-state index in [1.807, 2.05) is 0 Å². The van der Waals surface area contributed by atoms with Crippen molar-refractivity contribution in [1.29, 1.82) is 0 Å². The zero-order chi connectivity index (χ0) is 43.5. The molecular formula is C63H46N2. The average molecular weight is 831 g/mol. The molecule has 308 valence electrons. The van der Waals surface area contributed by atoms with Crippen molar-refractivity contribution >= 4 is 38.9 Å². The monoisotopic (exact) mass is 830 g/mol. The molecule has 0 saturated heterocycles. The van der Waals surface area contributed by atoms with Crippen molar-refractivity contribution in [3.8, 4) is 61.3 Å². The van der Waals surface area contributed by atoms with E-state index in [0.717, 1.165) is 22.7 Å². The van der Waals surface area contributed by atoms with Crippen molar-refractivity contribution in [2.75, 3.05) is 4.90 Å². The topological polar surface area (TPSA) is 8.17 Å². The summed E-state index contributed by atoms with van der Waals surface area (Å²) in [5.41, 5.74) is 22.0. The molecule has 1 aromatic heterocycles. The third-order valence-electron chi connectivity index (χ3n) is 13.6. The van der Waals surface area contributed by atoms with Crippen LogP contribution in [0.4, 0.5) is 17.1 Å². The summed E-state index contributed by atoms with van der Waals surface area (Å²) in [4.78, 5) is 2.35. The maximum atomic E-state index is 2.41. The Hall–Kier alpha value is -8.20. The van der Waals surface area contributed by atoms with E-state index < -0.39 is 0 Å². The summed E-state index contributed by atoms with van der Waals surface area (Å²) in [5, 5.41) is 2.49. The van der Waals surface area contributed by atoms with E-state index in [1.54, 1.807) is 0 Å². The van der Waals surface area contributed by atoms with Gasteiger partial charge in [0.15, 0.2) is 0 Å². The van der Waals surface area contributed by atoms with Crippen LogP contribution in [-0.4, -0.2) is 4.57 Å². The van der Waals surface area contributed by atoms with Crippen LogP contribution in [0.3, 0.4) is 0 Å². The lowest BCUT2D eigenvalue weighted by atomic mass is 9.81. The van der Waals surface area contributed by atoms with Crippen LogP contribution >= 0.6 is 0 Å². The van der Waals surface area contributed by atoms with Crippen LogP contribution in [0.5, 0.6) is 0 Å². The molecule has 0 radical (unpaired) electrons. The van der Waals surface area contributed by atoms with Gasteiger partial charge in [-0.3, -0.25) is 0 Å². The SMILES string of the molecule is CC1(C)c2ccccc2-c2ccc(-c3ccc(-n4c5ccccc5c5cc(-c6ccc(N(c7ccc(-c8ccccc8)cc7)c7ccc(-c8ccccc8)cc7)cc6)ccc54)cc3)cc21. The van der Waals surface area contributed by atoms with E-state index in [-0.39, 0.29) is 5.41 Å². The Morgan fingerprint density at radius 3 is 1.32 bits per heavy atom.